The number of ketones is 1. The molecule has 0 radical (unpaired) electrons. The third-order valence-corrected chi connectivity index (χ3v) is 5.30. The minimum Gasteiger partial charge on any atom is -0.326 e. The first-order valence-corrected chi connectivity index (χ1v) is 10.1. The predicted octanol–water partition coefficient (Wildman–Crippen LogP) is 3.37. The Morgan fingerprint density at radius 1 is 0.926 bits per heavy atom. The zero-order valence-corrected chi connectivity index (χ0v) is 16.5. The Labute approximate surface area is 160 Å². The van der Waals surface area contributed by atoms with Gasteiger partial charge in [-0.15, -0.1) is 0 Å². The van der Waals surface area contributed by atoms with Gasteiger partial charge >= 0.3 is 0 Å². The Bertz CT molecular complexity index is 916. The van der Waals surface area contributed by atoms with Crippen LogP contribution < -0.4 is 10.0 Å². The number of amides is 1. The first kappa shape index (κ1) is 20.8. The number of benzene rings is 2. The fourth-order valence-corrected chi connectivity index (χ4v) is 3.89. The van der Waals surface area contributed by atoms with Crippen LogP contribution in [0.4, 0.5) is 5.69 Å². The summed E-state index contributed by atoms with van der Waals surface area (Å²) in [5.41, 5.74) is 0.311. The number of sulfonamides is 1. The van der Waals surface area contributed by atoms with Crippen LogP contribution in [0, 0.1) is 0 Å². The van der Waals surface area contributed by atoms with Gasteiger partial charge < -0.3 is 5.32 Å². The van der Waals surface area contributed by atoms with Crippen LogP contribution in [-0.4, -0.2) is 25.6 Å². The Morgan fingerprint density at radius 3 is 2.22 bits per heavy atom. The van der Waals surface area contributed by atoms with E-state index in [4.69, 9.17) is 0 Å². The van der Waals surface area contributed by atoms with Crippen molar-refractivity contribution < 1.29 is 18.0 Å². The lowest BCUT2D eigenvalue weighted by molar-refractivity contribution is -0.116. The van der Waals surface area contributed by atoms with Gasteiger partial charge in [0.1, 0.15) is 0 Å². The molecule has 0 fully saturated rings. The topological polar surface area (TPSA) is 92.3 Å². The molecule has 0 heterocycles. The summed E-state index contributed by atoms with van der Waals surface area (Å²) in [5, 5.41) is 2.64. The summed E-state index contributed by atoms with van der Waals surface area (Å²) in [6, 6.07) is 14.8. The van der Waals surface area contributed by atoms with E-state index in [-0.39, 0.29) is 29.4 Å². The van der Waals surface area contributed by atoms with Crippen molar-refractivity contribution >= 4 is 27.4 Å². The molecule has 7 heteroatoms. The molecule has 0 bridgehead atoms. The Hall–Kier alpha value is -2.51. The first-order valence-electron chi connectivity index (χ1n) is 8.59. The van der Waals surface area contributed by atoms with Crippen LogP contribution in [0.1, 0.15) is 44.0 Å². The van der Waals surface area contributed by atoms with Gasteiger partial charge in [0.2, 0.25) is 15.9 Å². The number of rotatable bonds is 7. The largest absolute Gasteiger partial charge is 0.326 e. The van der Waals surface area contributed by atoms with Crippen LogP contribution in [0.15, 0.2) is 59.5 Å². The highest BCUT2D eigenvalue weighted by atomic mass is 32.2. The number of nitrogens with one attached hydrogen (secondary N) is 2. The Kier molecular flexibility index (Phi) is 6.51. The van der Waals surface area contributed by atoms with Gasteiger partial charge in [0.05, 0.1) is 4.90 Å². The van der Waals surface area contributed by atoms with Gasteiger partial charge in [-0.25, -0.2) is 13.1 Å². The lowest BCUT2D eigenvalue weighted by Gasteiger charge is -2.20. The highest BCUT2D eigenvalue weighted by Gasteiger charge is 2.22. The maximum atomic E-state index is 12.4. The third-order valence-electron chi connectivity index (χ3n) is 3.54. The monoisotopic (exact) mass is 388 g/mol. The number of anilines is 1. The zero-order chi connectivity index (χ0) is 20.1. The van der Waals surface area contributed by atoms with E-state index in [1.54, 1.807) is 57.2 Å². The minimum absolute atomic E-state index is 0.0188. The molecule has 0 spiro atoms. The summed E-state index contributed by atoms with van der Waals surface area (Å²) in [5.74, 6) is -0.464. The van der Waals surface area contributed by atoms with Gasteiger partial charge in [-0.1, -0.05) is 36.4 Å². The van der Waals surface area contributed by atoms with Crippen LogP contribution in [0.2, 0.25) is 0 Å². The van der Waals surface area contributed by atoms with Gasteiger partial charge in [0.15, 0.2) is 5.78 Å². The molecular weight excluding hydrogens is 364 g/mol. The molecule has 0 aliphatic heterocycles. The normalized spacial score (nSPS) is 11.8. The molecule has 0 unspecified atom stereocenters. The number of carbonyl (C=O) groups is 2. The summed E-state index contributed by atoms with van der Waals surface area (Å²) in [7, 11) is -3.69. The molecule has 0 aliphatic carbocycles. The summed E-state index contributed by atoms with van der Waals surface area (Å²) < 4.78 is 27.3. The van der Waals surface area contributed by atoms with Crippen LogP contribution in [-0.2, 0) is 14.8 Å². The van der Waals surface area contributed by atoms with E-state index in [1.165, 1.54) is 12.1 Å². The van der Waals surface area contributed by atoms with Crippen molar-refractivity contribution in [2.75, 3.05) is 5.32 Å². The summed E-state index contributed by atoms with van der Waals surface area (Å²) in [6.07, 6.45) is 0.102. The highest BCUT2D eigenvalue weighted by molar-refractivity contribution is 7.89. The number of hydrogen-bond acceptors (Lipinski definition) is 4. The smallest absolute Gasteiger partial charge is 0.241 e. The van der Waals surface area contributed by atoms with E-state index >= 15 is 0 Å². The SMILES string of the molecule is CC(C)(C)NS(=O)(=O)c1cccc(NC(=O)CCC(=O)c2ccccc2)c1. The molecule has 0 saturated heterocycles. The second-order valence-electron chi connectivity index (χ2n) is 7.22. The van der Waals surface area contributed by atoms with Crippen molar-refractivity contribution in [3.63, 3.8) is 0 Å². The minimum atomic E-state index is -3.69. The summed E-state index contributed by atoms with van der Waals surface area (Å²) in [4.78, 5) is 24.2. The fourth-order valence-electron chi connectivity index (χ4n) is 2.42. The summed E-state index contributed by atoms with van der Waals surface area (Å²) in [6.45, 7) is 5.25. The van der Waals surface area contributed by atoms with Crippen LogP contribution in [0.25, 0.3) is 0 Å². The zero-order valence-electron chi connectivity index (χ0n) is 15.7. The Balaban J connectivity index is 1.99. The van der Waals surface area contributed by atoms with Gasteiger partial charge in [0.25, 0.3) is 0 Å². The fraction of sp³-hybridized carbons (Fsp3) is 0.300. The van der Waals surface area contributed by atoms with Gasteiger partial charge in [-0.3, -0.25) is 9.59 Å². The molecule has 0 atom stereocenters. The number of carbonyl (C=O) groups excluding carboxylic acids is 2. The van der Waals surface area contributed by atoms with Crippen molar-refractivity contribution in [1.82, 2.24) is 4.72 Å². The van der Waals surface area contributed by atoms with Gasteiger partial charge in [0, 0.05) is 29.6 Å². The lowest BCUT2D eigenvalue weighted by atomic mass is 10.1. The highest BCUT2D eigenvalue weighted by Crippen LogP contribution is 2.18. The lowest BCUT2D eigenvalue weighted by Crippen LogP contribution is -2.40. The standard InChI is InChI=1S/C20H24N2O4S/c1-20(2,3)22-27(25,26)17-11-7-10-16(14-17)21-19(24)13-12-18(23)15-8-5-4-6-9-15/h4-11,14,22H,12-13H2,1-3H3,(H,21,24). The molecule has 27 heavy (non-hydrogen) atoms. The number of Topliss-reactive ketones (excluding diaryl/α,β-unsaturated/α-hetero) is 1. The van der Waals surface area contributed by atoms with E-state index in [0.717, 1.165) is 0 Å². The maximum absolute atomic E-state index is 12.4. The molecule has 2 rings (SSSR count). The maximum Gasteiger partial charge on any atom is 0.241 e. The predicted molar refractivity (Wildman–Crippen MR) is 105 cm³/mol. The molecule has 0 aliphatic rings. The molecule has 2 N–H and O–H groups in total. The second kappa shape index (κ2) is 8.45. The molecule has 0 aromatic heterocycles. The summed E-state index contributed by atoms with van der Waals surface area (Å²) >= 11 is 0. The van der Waals surface area contributed by atoms with Crippen molar-refractivity contribution in [3.8, 4) is 0 Å². The first-order chi connectivity index (χ1) is 12.6. The van der Waals surface area contributed by atoms with Crippen LogP contribution in [0.5, 0.6) is 0 Å². The van der Waals surface area contributed by atoms with Crippen LogP contribution in [0.3, 0.4) is 0 Å². The third kappa shape index (κ3) is 6.62. The molecule has 144 valence electrons. The molecule has 2 aromatic carbocycles. The van der Waals surface area contributed by atoms with Gasteiger partial charge in [-0.2, -0.15) is 0 Å². The van der Waals surface area contributed by atoms with Gasteiger partial charge in [-0.05, 0) is 39.0 Å². The second-order valence-corrected chi connectivity index (χ2v) is 8.90. The van der Waals surface area contributed by atoms with E-state index in [2.05, 4.69) is 10.0 Å². The van der Waals surface area contributed by atoms with Crippen molar-refractivity contribution in [1.29, 1.82) is 0 Å². The molecule has 6 nitrogen and oxygen atoms in total. The number of hydrogen-bond donors (Lipinski definition) is 2. The molecular formula is C20H24N2O4S. The Morgan fingerprint density at radius 2 is 1.59 bits per heavy atom. The van der Waals surface area contributed by atoms with Crippen molar-refractivity contribution in [2.24, 2.45) is 0 Å². The van der Waals surface area contributed by atoms with Crippen LogP contribution >= 0.6 is 0 Å². The average Bonchev–Trinajstić information content (AvgIpc) is 2.58. The van der Waals surface area contributed by atoms with E-state index in [9.17, 15) is 18.0 Å². The van der Waals surface area contributed by atoms with E-state index in [1.807, 2.05) is 6.07 Å². The molecule has 1 amide bonds. The average molecular weight is 388 g/mol. The molecule has 2 aromatic rings. The molecule has 0 saturated carbocycles. The van der Waals surface area contributed by atoms with Crippen molar-refractivity contribution in [3.05, 3.63) is 60.2 Å². The van der Waals surface area contributed by atoms with Crippen molar-refractivity contribution in [2.45, 2.75) is 44.0 Å². The van der Waals surface area contributed by atoms with E-state index < -0.39 is 15.6 Å². The van der Waals surface area contributed by atoms with E-state index in [0.29, 0.717) is 11.3 Å². The quantitative estimate of drug-likeness (QED) is 0.711.